The van der Waals surface area contributed by atoms with Crippen molar-refractivity contribution in [3.05, 3.63) is 46.0 Å². The summed E-state index contributed by atoms with van der Waals surface area (Å²) in [6.07, 6.45) is 0. The smallest absolute Gasteiger partial charge is 0.126 e. The van der Waals surface area contributed by atoms with E-state index in [0.29, 0.717) is 17.1 Å². The number of halogens is 2. The molecule has 0 aliphatic rings. The van der Waals surface area contributed by atoms with Crippen LogP contribution in [0.15, 0.2) is 18.2 Å². The summed E-state index contributed by atoms with van der Waals surface area (Å²) in [5.74, 6) is -0.196. The van der Waals surface area contributed by atoms with Crippen molar-refractivity contribution >= 4 is 17.3 Å². The van der Waals surface area contributed by atoms with Crippen LogP contribution in [0.5, 0.6) is 0 Å². The highest BCUT2D eigenvalue weighted by molar-refractivity contribution is 6.31. The van der Waals surface area contributed by atoms with E-state index in [-0.39, 0.29) is 5.82 Å². The molecule has 0 fully saturated rings. The summed E-state index contributed by atoms with van der Waals surface area (Å²) in [6, 6.07) is 4.96. The van der Waals surface area contributed by atoms with E-state index < -0.39 is 0 Å². The average molecular weight is 282 g/mol. The van der Waals surface area contributed by atoms with Gasteiger partial charge in [-0.2, -0.15) is 5.10 Å². The molecular formula is C14H17ClFN3. The summed E-state index contributed by atoms with van der Waals surface area (Å²) in [5.41, 5.74) is 3.27. The molecular weight excluding hydrogens is 265 g/mol. The van der Waals surface area contributed by atoms with Crippen molar-refractivity contribution in [1.82, 2.24) is 9.78 Å². The minimum Gasteiger partial charge on any atom is -0.379 e. The number of benzene rings is 1. The summed E-state index contributed by atoms with van der Waals surface area (Å²) >= 11 is 6.23. The lowest BCUT2D eigenvalue weighted by Gasteiger charge is -2.09. The van der Waals surface area contributed by atoms with Crippen LogP contribution in [0.1, 0.15) is 23.9 Å². The topological polar surface area (TPSA) is 29.9 Å². The molecule has 0 saturated heterocycles. The Kier molecular flexibility index (Phi) is 4.10. The molecule has 102 valence electrons. The Morgan fingerprint density at radius 1 is 1.37 bits per heavy atom. The quantitative estimate of drug-likeness (QED) is 0.920. The molecule has 2 aromatic rings. The Morgan fingerprint density at radius 3 is 2.74 bits per heavy atom. The predicted molar refractivity (Wildman–Crippen MR) is 76.1 cm³/mol. The molecule has 0 aliphatic carbocycles. The average Bonchev–Trinajstić information content (AvgIpc) is 2.67. The van der Waals surface area contributed by atoms with Gasteiger partial charge in [-0.25, -0.2) is 4.39 Å². The zero-order valence-electron chi connectivity index (χ0n) is 11.3. The maximum atomic E-state index is 13.2. The molecule has 1 aromatic heterocycles. The molecule has 0 radical (unpaired) electrons. The predicted octanol–water partition coefficient (Wildman–Crippen LogP) is 3.92. The second kappa shape index (κ2) is 5.61. The molecule has 1 N–H and O–H groups in total. The van der Waals surface area contributed by atoms with Gasteiger partial charge in [0, 0.05) is 12.2 Å². The molecule has 0 bridgehead atoms. The van der Waals surface area contributed by atoms with E-state index in [1.807, 2.05) is 18.5 Å². The molecule has 1 heterocycles. The highest BCUT2D eigenvalue weighted by Crippen LogP contribution is 2.22. The van der Waals surface area contributed by atoms with Crippen molar-refractivity contribution in [3.8, 4) is 0 Å². The van der Waals surface area contributed by atoms with Crippen LogP contribution in [-0.2, 0) is 13.1 Å². The molecule has 0 unspecified atom stereocenters. The van der Waals surface area contributed by atoms with Gasteiger partial charge in [0.2, 0.25) is 0 Å². The third-order valence-electron chi connectivity index (χ3n) is 3.07. The van der Waals surface area contributed by atoms with Crippen LogP contribution >= 0.6 is 11.6 Å². The lowest BCUT2D eigenvalue weighted by Crippen LogP contribution is -2.08. The van der Waals surface area contributed by atoms with Gasteiger partial charge in [-0.05, 0) is 44.5 Å². The first kappa shape index (κ1) is 13.9. The molecule has 0 saturated carbocycles. The van der Waals surface area contributed by atoms with E-state index in [1.54, 1.807) is 19.1 Å². The summed E-state index contributed by atoms with van der Waals surface area (Å²) in [7, 11) is 0. The van der Waals surface area contributed by atoms with Gasteiger partial charge in [0.15, 0.2) is 0 Å². The van der Waals surface area contributed by atoms with Crippen LogP contribution < -0.4 is 5.32 Å². The number of rotatable bonds is 4. The zero-order chi connectivity index (χ0) is 14.0. The molecule has 0 spiro atoms. The van der Waals surface area contributed by atoms with Gasteiger partial charge in [-0.15, -0.1) is 0 Å². The number of nitrogens with one attached hydrogen (secondary N) is 1. The van der Waals surface area contributed by atoms with Crippen LogP contribution in [-0.4, -0.2) is 9.78 Å². The second-order valence-corrected chi connectivity index (χ2v) is 4.86. The molecule has 19 heavy (non-hydrogen) atoms. The molecule has 1 aromatic carbocycles. The molecule has 3 nitrogen and oxygen atoms in total. The second-order valence-electron chi connectivity index (χ2n) is 4.48. The SMILES string of the molecule is CCn1nc(C)c(Cl)c1CNc1ccc(F)c(C)c1. The largest absolute Gasteiger partial charge is 0.379 e. The lowest BCUT2D eigenvalue weighted by atomic mass is 10.2. The molecule has 5 heteroatoms. The number of hydrogen-bond donors (Lipinski definition) is 1. The van der Waals surface area contributed by atoms with Gasteiger partial charge in [0.25, 0.3) is 0 Å². The fraction of sp³-hybridized carbons (Fsp3) is 0.357. The Morgan fingerprint density at radius 2 is 2.11 bits per heavy atom. The van der Waals surface area contributed by atoms with E-state index in [4.69, 9.17) is 11.6 Å². The maximum absolute atomic E-state index is 13.2. The first-order valence-electron chi connectivity index (χ1n) is 6.24. The third kappa shape index (κ3) is 2.89. The maximum Gasteiger partial charge on any atom is 0.126 e. The van der Waals surface area contributed by atoms with E-state index in [2.05, 4.69) is 10.4 Å². The summed E-state index contributed by atoms with van der Waals surface area (Å²) < 4.78 is 15.1. The van der Waals surface area contributed by atoms with Crippen molar-refractivity contribution in [1.29, 1.82) is 0 Å². The zero-order valence-corrected chi connectivity index (χ0v) is 12.1. The van der Waals surface area contributed by atoms with Crippen molar-refractivity contribution in [2.24, 2.45) is 0 Å². The Hall–Kier alpha value is -1.55. The Labute approximate surface area is 117 Å². The van der Waals surface area contributed by atoms with Crippen molar-refractivity contribution in [2.45, 2.75) is 33.9 Å². The van der Waals surface area contributed by atoms with Crippen LogP contribution in [0, 0.1) is 19.7 Å². The summed E-state index contributed by atoms with van der Waals surface area (Å²) in [6.45, 7) is 6.99. The van der Waals surface area contributed by atoms with E-state index in [9.17, 15) is 4.39 Å². The number of anilines is 1. The van der Waals surface area contributed by atoms with Crippen molar-refractivity contribution in [2.75, 3.05) is 5.32 Å². The van der Waals surface area contributed by atoms with Crippen molar-refractivity contribution < 1.29 is 4.39 Å². The Bertz CT molecular complexity index is 593. The van der Waals surface area contributed by atoms with E-state index in [1.165, 1.54) is 6.07 Å². The number of hydrogen-bond acceptors (Lipinski definition) is 2. The third-order valence-corrected chi connectivity index (χ3v) is 3.56. The normalized spacial score (nSPS) is 10.8. The fourth-order valence-electron chi connectivity index (χ4n) is 1.98. The van der Waals surface area contributed by atoms with Crippen LogP contribution in [0.25, 0.3) is 0 Å². The molecule has 0 amide bonds. The minimum absolute atomic E-state index is 0.196. The monoisotopic (exact) mass is 281 g/mol. The highest BCUT2D eigenvalue weighted by atomic mass is 35.5. The van der Waals surface area contributed by atoms with Gasteiger partial charge in [-0.3, -0.25) is 4.68 Å². The van der Waals surface area contributed by atoms with Crippen molar-refractivity contribution in [3.63, 3.8) is 0 Å². The van der Waals surface area contributed by atoms with Crippen LogP contribution in [0.3, 0.4) is 0 Å². The highest BCUT2D eigenvalue weighted by Gasteiger charge is 2.12. The lowest BCUT2D eigenvalue weighted by molar-refractivity contribution is 0.617. The van der Waals surface area contributed by atoms with Gasteiger partial charge >= 0.3 is 0 Å². The summed E-state index contributed by atoms with van der Waals surface area (Å²) in [4.78, 5) is 0. The van der Waals surface area contributed by atoms with Crippen LogP contribution in [0.4, 0.5) is 10.1 Å². The molecule has 0 aliphatic heterocycles. The van der Waals surface area contributed by atoms with E-state index in [0.717, 1.165) is 23.6 Å². The first-order valence-corrected chi connectivity index (χ1v) is 6.62. The summed E-state index contributed by atoms with van der Waals surface area (Å²) in [5, 5.41) is 8.29. The fourth-order valence-corrected chi connectivity index (χ4v) is 2.18. The van der Waals surface area contributed by atoms with Gasteiger partial charge in [-0.1, -0.05) is 11.6 Å². The number of aryl methyl sites for hydroxylation is 3. The van der Waals surface area contributed by atoms with Crippen LogP contribution in [0.2, 0.25) is 5.02 Å². The minimum atomic E-state index is -0.196. The molecule has 0 atom stereocenters. The van der Waals surface area contributed by atoms with Gasteiger partial charge in [0.1, 0.15) is 5.82 Å². The van der Waals surface area contributed by atoms with E-state index >= 15 is 0 Å². The number of nitrogens with zero attached hydrogens (tertiary/aromatic N) is 2. The van der Waals surface area contributed by atoms with Gasteiger partial charge in [0.05, 0.1) is 23.0 Å². The Balaban J connectivity index is 2.16. The van der Waals surface area contributed by atoms with Gasteiger partial charge < -0.3 is 5.32 Å². The first-order chi connectivity index (χ1) is 9.02. The molecule has 2 rings (SSSR count). The standard InChI is InChI=1S/C14H17ClFN3/c1-4-19-13(14(15)10(3)18-19)8-17-11-5-6-12(16)9(2)7-11/h5-7,17H,4,8H2,1-3H3. The number of aromatic nitrogens is 2.